The van der Waals surface area contributed by atoms with Gasteiger partial charge in [-0.25, -0.2) is 18.6 Å². The zero-order chi connectivity index (χ0) is 20.0. The molecule has 1 heterocycles. The number of hydrogen-bond donors (Lipinski definition) is 2. The Labute approximate surface area is 158 Å². The molecule has 1 fully saturated rings. The first-order chi connectivity index (χ1) is 12.8. The Bertz CT molecular complexity index is 798. The highest BCUT2D eigenvalue weighted by molar-refractivity contribution is 7.89. The second-order valence-electron chi connectivity index (χ2n) is 6.09. The quantitative estimate of drug-likeness (QED) is 0.566. The molecule has 1 aromatic carbocycles. The molecular formula is C17H23N3O6S. The van der Waals surface area contributed by atoms with Crippen molar-refractivity contribution in [3.8, 4) is 0 Å². The van der Waals surface area contributed by atoms with E-state index in [0.29, 0.717) is 18.4 Å². The van der Waals surface area contributed by atoms with Crippen LogP contribution in [0.4, 0.5) is 4.79 Å². The molecule has 0 bridgehead atoms. The number of ether oxygens (including phenoxy) is 1. The van der Waals surface area contributed by atoms with Crippen LogP contribution in [0, 0.1) is 5.92 Å². The van der Waals surface area contributed by atoms with Gasteiger partial charge in [0.25, 0.3) is 0 Å². The van der Waals surface area contributed by atoms with Gasteiger partial charge in [0.05, 0.1) is 11.5 Å². The third-order valence-electron chi connectivity index (χ3n) is 4.29. The highest BCUT2D eigenvalue weighted by Crippen LogP contribution is 2.24. The van der Waals surface area contributed by atoms with E-state index >= 15 is 0 Å². The second-order valence-corrected chi connectivity index (χ2v) is 8.03. The summed E-state index contributed by atoms with van der Waals surface area (Å²) in [7, 11) is -3.69. The van der Waals surface area contributed by atoms with Crippen LogP contribution in [0.2, 0.25) is 0 Å². The molecule has 2 amide bonds. The van der Waals surface area contributed by atoms with E-state index in [1.807, 2.05) is 0 Å². The van der Waals surface area contributed by atoms with Crippen LogP contribution in [0.5, 0.6) is 0 Å². The van der Waals surface area contributed by atoms with E-state index in [2.05, 4.69) is 15.6 Å². The summed E-state index contributed by atoms with van der Waals surface area (Å²) in [5, 5.41) is 0. The van der Waals surface area contributed by atoms with Crippen molar-refractivity contribution in [1.82, 2.24) is 15.2 Å². The minimum atomic E-state index is -3.69. The number of hydrogen-bond acceptors (Lipinski definition) is 6. The van der Waals surface area contributed by atoms with Crippen LogP contribution < -0.4 is 10.9 Å². The Kier molecular flexibility index (Phi) is 6.92. The molecule has 2 rings (SSSR count). The Morgan fingerprint density at radius 3 is 2.22 bits per heavy atom. The van der Waals surface area contributed by atoms with E-state index in [-0.39, 0.29) is 36.3 Å². The number of ketones is 1. The van der Waals surface area contributed by atoms with Crippen molar-refractivity contribution in [1.29, 1.82) is 0 Å². The van der Waals surface area contributed by atoms with Crippen molar-refractivity contribution in [2.45, 2.75) is 31.6 Å². The normalized spacial score (nSPS) is 15.8. The first kappa shape index (κ1) is 20.8. The third-order valence-corrected chi connectivity index (χ3v) is 6.20. The number of benzene rings is 1. The van der Waals surface area contributed by atoms with Crippen LogP contribution >= 0.6 is 0 Å². The standard InChI is InChI=1S/C17H23N3O6S/c1-3-26-17(23)19-18-16(22)14-8-10-20(11-9-14)27(24,25)15-6-4-13(5-7-15)12(2)21/h4-7,14H,3,8-11H2,1-2H3,(H,18,22)(H,19,23). The number of rotatable bonds is 5. The number of carbonyl (C=O) groups is 3. The molecule has 148 valence electrons. The van der Waals surface area contributed by atoms with E-state index in [9.17, 15) is 22.8 Å². The lowest BCUT2D eigenvalue weighted by Crippen LogP contribution is -2.48. The van der Waals surface area contributed by atoms with Gasteiger partial charge in [-0.3, -0.25) is 15.0 Å². The fourth-order valence-corrected chi connectivity index (χ4v) is 4.22. The summed E-state index contributed by atoms with van der Waals surface area (Å²) >= 11 is 0. The van der Waals surface area contributed by atoms with E-state index in [0.717, 1.165) is 0 Å². The van der Waals surface area contributed by atoms with Crippen molar-refractivity contribution < 1.29 is 27.5 Å². The lowest BCUT2D eigenvalue weighted by Gasteiger charge is -2.30. The van der Waals surface area contributed by atoms with Gasteiger partial charge >= 0.3 is 6.09 Å². The van der Waals surface area contributed by atoms with Gasteiger partial charge in [0.15, 0.2) is 5.78 Å². The van der Waals surface area contributed by atoms with Gasteiger partial charge in [-0.15, -0.1) is 0 Å². The van der Waals surface area contributed by atoms with Gasteiger partial charge < -0.3 is 4.74 Å². The molecule has 1 aromatic rings. The molecule has 0 unspecified atom stereocenters. The number of sulfonamides is 1. The maximum Gasteiger partial charge on any atom is 0.426 e. The van der Waals surface area contributed by atoms with Crippen LogP contribution in [0.1, 0.15) is 37.0 Å². The van der Waals surface area contributed by atoms with Gasteiger partial charge in [0.2, 0.25) is 15.9 Å². The second kappa shape index (κ2) is 8.96. The van der Waals surface area contributed by atoms with Gasteiger partial charge in [-0.1, -0.05) is 12.1 Å². The molecule has 0 spiro atoms. The molecule has 1 aliphatic heterocycles. The van der Waals surface area contributed by atoms with Gasteiger partial charge in [0.1, 0.15) is 0 Å². The molecule has 1 saturated heterocycles. The summed E-state index contributed by atoms with van der Waals surface area (Å²) < 4.78 is 31.4. The lowest BCUT2D eigenvalue weighted by atomic mass is 9.98. The van der Waals surface area contributed by atoms with E-state index in [4.69, 9.17) is 0 Å². The average molecular weight is 397 g/mol. The predicted octanol–water partition coefficient (Wildman–Crippen LogP) is 1.07. The molecule has 0 atom stereocenters. The van der Waals surface area contributed by atoms with Crippen molar-refractivity contribution in [2.24, 2.45) is 5.92 Å². The van der Waals surface area contributed by atoms with Gasteiger partial charge in [0, 0.05) is 24.6 Å². The molecule has 0 saturated carbocycles. The highest BCUT2D eigenvalue weighted by atomic mass is 32.2. The molecule has 10 heteroatoms. The summed E-state index contributed by atoms with van der Waals surface area (Å²) in [5.74, 6) is -0.924. The average Bonchev–Trinajstić information content (AvgIpc) is 2.66. The predicted molar refractivity (Wildman–Crippen MR) is 96.2 cm³/mol. The Balaban J connectivity index is 1.93. The topological polar surface area (TPSA) is 122 Å². The number of piperidine rings is 1. The van der Waals surface area contributed by atoms with E-state index in [1.54, 1.807) is 6.92 Å². The maximum atomic E-state index is 12.7. The lowest BCUT2D eigenvalue weighted by molar-refractivity contribution is -0.127. The summed E-state index contributed by atoms with van der Waals surface area (Å²) in [4.78, 5) is 34.7. The number of amides is 2. The maximum absolute atomic E-state index is 12.7. The smallest absolute Gasteiger partial charge is 0.426 e. The summed E-state index contributed by atoms with van der Waals surface area (Å²) in [6.07, 6.45) is -0.0813. The highest BCUT2D eigenvalue weighted by Gasteiger charge is 2.32. The number of nitrogens with one attached hydrogen (secondary N) is 2. The number of nitrogens with zero attached hydrogens (tertiary/aromatic N) is 1. The van der Waals surface area contributed by atoms with Crippen molar-refractivity contribution in [3.63, 3.8) is 0 Å². The van der Waals surface area contributed by atoms with Crippen LogP contribution in [0.15, 0.2) is 29.2 Å². The van der Waals surface area contributed by atoms with Crippen molar-refractivity contribution in [2.75, 3.05) is 19.7 Å². The molecule has 0 aromatic heterocycles. The SMILES string of the molecule is CCOC(=O)NNC(=O)C1CCN(S(=O)(=O)c2ccc(C(C)=O)cc2)CC1. The fraction of sp³-hybridized carbons (Fsp3) is 0.471. The number of hydrazine groups is 1. The Hall–Kier alpha value is -2.46. The summed E-state index contributed by atoms with van der Waals surface area (Å²) in [5.41, 5.74) is 4.86. The third kappa shape index (κ3) is 5.27. The van der Waals surface area contributed by atoms with E-state index in [1.165, 1.54) is 35.5 Å². The minimum absolute atomic E-state index is 0.111. The zero-order valence-corrected chi connectivity index (χ0v) is 16.0. The Morgan fingerprint density at radius 2 is 1.70 bits per heavy atom. The minimum Gasteiger partial charge on any atom is -0.449 e. The largest absolute Gasteiger partial charge is 0.449 e. The van der Waals surface area contributed by atoms with Gasteiger partial charge in [-0.05, 0) is 38.8 Å². The van der Waals surface area contributed by atoms with Crippen LogP contribution in [0.3, 0.4) is 0 Å². The Morgan fingerprint density at radius 1 is 1.11 bits per heavy atom. The first-order valence-corrected chi connectivity index (χ1v) is 10.0. The molecule has 1 aliphatic rings. The van der Waals surface area contributed by atoms with Gasteiger partial charge in [-0.2, -0.15) is 4.31 Å². The zero-order valence-electron chi connectivity index (χ0n) is 15.2. The summed E-state index contributed by atoms with van der Waals surface area (Å²) in [6, 6.07) is 5.79. The fourth-order valence-electron chi connectivity index (χ4n) is 2.75. The molecule has 0 radical (unpaired) electrons. The van der Waals surface area contributed by atoms with Crippen LogP contribution in [0.25, 0.3) is 0 Å². The monoisotopic (exact) mass is 397 g/mol. The molecular weight excluding hydrogens is 374 g/mol. The molecule has 0 aliphatic carbocycles. The number of Topliss-reactive ketones (excluding diaryl/α,β-unsaturated/α-hetero) is 1. The van der Waals surface area contributed by atoms with E-state index < -0.39 is 22.0 Å². The van der Waals surface area contributed by atoms with Crippen molar-refractivity contribution in [3.05, 3.63) is 29.8 Å². The summed E-state index contributed by atoms with van der Waals surface area (Å²) in [6.45, 7) is 3.62. The molecule has 2 N–H and O–H groups in total. The molecule has 27 heavy (non-hydrogen) atoms. The van der Waals surface area contributed by atoms with Crippen LogP contribution in [-0.4, -0.2) is 50.2 Å². The number of carbonyl (C=O) groups excluding carboxylic acids is 3. The molecule has 9 nitrogen and oxygen atoms in total. The van der Waals surface area contributed by atoms with Crippen LogP contribution in [-0.2, 0) is 19.6 Å². The first-order valence-electron chi connectivity index (χ1n) is 8.59. The van der Waals surface area contributed by atoms with Crippen molar-refractivity contribution >= 4 is 27.8 Å².